The molecule has 0 atom stereocenters. The molecule has 0 aliphatic carbocycles. The van der Waals surface area contributed by atoms with E-state index >= 15 is 0 Å². The Bertz CT molecular complexity index is 921. The summed E-state index contributed by atoms with van der Waals surface area (Å²) in [5.74, 6) is -0.429. The van der Waals surface area contributed by atoms with E-state index in [2.05, 4.69) is 37.8 Å². The lowest BCUT2D eigenvalue weighted by molar-refractivity contribution is 0.0742. The van der Waals surface area contributed by atoms with Crippen LogP contribution in [0.3, 0.4) is 0 Å². The molecule has 4 rings (SSSR count). The molecule has 3 aromatic rings. The number of hydrogen-bond acceptors (Lipinski definition) is 5. The fraction of sp³-hybridized carbons (Fsp3) is 0.211. The topological polar surface area (TPSA) is 77.1 Å². The lowest BCUT2D eigenvalue weighted by atomic mass is 10.2. The van der Waals surface area contributed by atoms with Crippen LogP contribution in [0, 0.1) is 5.82 Å². The monoisotopic (exact) mass is 366 g/mol. The van der Waals surface area contributed by atoms with E-state index in [1.165, 1.54) is 6.07 Å². The molecule has 0 bridgehead atoms. The Kier molecular flexibility index (Phi) is 4.69. The highest BCUT2D eigenvalue weighted by Gasteiger charge is 2.26. The second-order valence-corrected chi connectivity index (χ2v) is 6.24. The molecule has 138 valence electrons. The van der Waals surface area contributed by atoms with Crippen LogP contribution in [-0.2, 0) is 0 Å². The van der Waals surface area contributed by atoms with Gasteiger partial charge in [0.1, 0.15) is 5.82 Å². The third-order valence-electron chi connectivity index (χ3n) is 4.57. The van der Waals surface area contributed by atoms with E-state index in [9.17, 15) is 9.18 Å². The van der Waals surface area contributed by atoms with Gasteiger partial charge in [0.2, 0.25) is 0 Å². The van der Waals surface area contributed by atoms with Crippen LogP contribution in [0.15, 0.2) is 54.6 Å². The van der Waals surface area contributed by atoms with Gasteiger partial charge < -0.3 is 15.1 Å². The van der Waals surface area contributed by atoms with E-state index in [4.69, 9.17) is 0 Å². The predicted octanol–water partition coefficient (Wildman–Crippen LogP) is 2.65. The summed E-state index contributed by atoms with van der Waals surface area (Å²) >= 11 is 0. The number of hydrogen-bond donors (Lipinski definition) is 2. The zero-order chi connectivity index (χ0) is 18.6. The Morgan fingerprint density at radius 2 is 1.67 bits per heavy atom. The number of carbonyl (C=O) groups is 1. The van der Waals surface area contributed by atoms with Gasteiger partial charge in [-0.3, -0.25) is 4.79 Å². The molecule has 27 heavy (non-hydrogen) atoms. The maximum Gasteiger partial charge on any atom is 0.278 e. The molecule has 0 unspecified atom stereocenters. The maximum absolute atomic E-state index is 13.9. The summed E-state index contributed by atoms with van der Waals surface area (Å²) in [6.45, 7) is 2.65. The summed E-state index contributed by atoms with van der Waals surface area (Å²) in [5, 5.41) is 13.2. The van der Waals surface area contributed by atoms with E-state index in [1.54, 1.807) is 23.1 Å². The molecule has 1 aliphatic rings. The van der Waals surface area contributed by atoms with Crippen LogP contribution in [0.5, 0.6) is 0 Å². The molecule has 1 saturated heterocycles. The van der Waals surface area contributed by atoms with Gasteiger partial charge in [-0.15, -0.1) is 10.2 Å². The third-order valence-corrected chi connectivity index (χ3v) is 4.57. The number of amides is 1. The van der Waals surface area contributed by atoms with Gasteiger partial charge in [-0.2, -0.15) is 5.21 Å². The van der Waals surface area contributed by atoms with Crippen molar-refractivity contribution in [2.45, 2.75) is 0 Å². The average molecular weight is 366 g/mol. The first-order valence-corrected chi connectivity index (χ1v) is 8.74. The molecule has 7 nitrogen and oxygen atoms in total. The van der Waals surface area contributed by atoms with Crippen molar-refractivity contribution in [2.75, 3.05) is 36.4 Å². The summed E-state index contributed by atoms with van der Waals surface area (Å²) in [4.78, 5) is 16.8. The summed E-state index contributed by atoms with van der Waals surface area (Å²) in [7, 11) is 0. The first kappa shape index (κ1) is 17.0. The second kappa shape index (κ2) is 7.45. The molecule has 0 saturated carbocycles. The van der Waals surface area contributed by atoms with Gasteiger partial charge in [-0.25, -0.2) is 4.39 Å². The van der Waals surface area contributed by atoms with E-state index in [0.717, 1.165) is 18.8 Å². The van der Waals surface area contributed by atoms with Crippen molar-refractivity contribution >= 4 is 23.1 Å². The van der Waals surface area contributed by atoms with Crippen molar-refractivity contribution in [3.8, 4) is 0 Å². The van der Waals surface area contributed by atoms with Crippen molar-refractivity contribution < 1.29 is 9.18 Å². The molecule has 1 aromatic heterocycles. The molecule has 2 N–H and O–H groups in total. The summed E-state index contributed by atoms with van der Waals surface area (Å²) in [6.07, 6.45) is 0. The van der Waals surface area contributed by atoms with Crippen LogP contribution in [0.4, 0.5) is 21.6 Å². The number of H-pyrrole nitrogens is 1. The number of benzene rings is 2. The highest BCUT2D eigenvalue weighted by molar-refractivity contribution is 5.97. The molecule has 1 amide bonds. The minimum absolute atomic E-state index is 0.159. The minimum Gasteiger partial charge on any atom is -0.368 e. The molecule has 1 fully saturated rings. The number of para-hydroxylation sites is 2. The summed E-state index contributed by atoms with van der Waals surface area (Å²) in [6, 6.07) is 16.3. The van der Waals surface area contributed by atoms with Crippen LogP contribution in [-0.4, -0.2) is 52.4 Å². The zero-order valence-electron chi connectivity index (χ0n) is 14.6. The van der Waals surface area contributed by atoms with E-state index < -0.39 is 5.82 Å². The summed E-state index contributed by atoms with van der Waals surface area (Å²) < 4.78 is 13.9. The molecule has 8 heteroatoms. The van der Waals surface area contributed by atoms with Crippen LogP contribution in [0.2, 0.25) is 0 Å². The van der Waals surface area contributed by atoms with Crippen molar-refractivity contribution in [1.29, 1.82) is 0 Å². The molecule has 1 aliphatic heterocycles. The van der Waals surface area contributed by atoms with Crippen molar-refractivity contribution in [2.24, 2.45) is 0 Å². The smallest absolute Gasteiger partial charge is 0.278 e. The van der Waals surface area contributed by atoms with Gasteiger partial charge in [-0.1, -0.05) is 30.3 Å². The van der Waals surface area contributed by atoms with Crippen LogP contribution >= 0.6 is 0 Å². The zero-order valence-corrected chi connectivity index (χ0v) is 14.6. The van der Waals surface area contributed by atoms with Crippen LogP contribution in [0.1, 0.15) is 10.5 Å². The lowest BCUT2D eigenvalue weighted by Crippen LogP contribution is -2.49. The van der Waals surface area contributed by atoms with Crippen molar-refractivity contribution in [3.63, 3.8) is 0 Å². The Labute approximate surface area is 155 Å². The number of aromatic nitrogens is 3. The molecule has 0 spiro atoms. The molecular weight excluding hydrogens is 347 g/mol. The number of nitrogens with zero attached hydrogens (tertiary/aromatic N) is 4. The van der Waals surface area contributed by atoms with Gasteiger partial charge in [-0.05, 0) is 24.3 Å². The van der Waals surface area contributed by atoms with Crippen LogP contribution in [0.25, 0.3) is 0 Å². The van der Waals surface area contributed by atoms with Crippen LogP contribution < -0.4 is 10.2 Å². The highest BCUT2D eigenvalue weighted by atomic mass is 19.1. The molecule has 0 radical (unpaired) electrons. The molecule has 2 aromatic carbocycles. The Hall–Kier alpha value is -3.42. The largest absolute Gasteiger partial charge is 0.368 e. The van der Waals surface area contributed by atoms with Gasteiger partial charge in [0.25, 0.3) is 5.91 Å². The first-order chi connectivity index (χ1) is 13.2. The normalized spacial score (nSPS) is 14.3. The van der Waals surface area contributed by atoms with Gasteiger partial charge in [0, 0.05) is 31.9 Å². The standard InChI is InChI=1S/C19H19FN6O/c20-15-8-4-5-9-16(15)21-18-17(22-24-23-18)19(27)26-12-10-25(11-13-26)14-6-2-1-3-7-14/h1-9H,10-13H2,(H2,21,22,23,24). The van der Waals surface area contributed by atoms with E-state index in [0.29, 0.717) is 13.1 Å². The molecular formula is C19H19FN6O. The van der Waals surface area contributed by atoms with E-state index in [-0.39, 0.29) is 23.1 Å². The molecule has 2 heterocycles. The van der Waals surface area contributed by atoms with Gasteiger partial charge in [0.15, 0.2) is 11.5 Å². The number of rotatable bonds is 4. The minimum atomic E-state index is -0.421. The number of piperazine rings is 1. The van der Waals surface area contributed by atoms with Gasteiger partial charge in [0.05, 0.1) is 5.69 Å². The fourth-order valence-corrected chi connectivity index (χ4v) is 3.11. The number of aromatic amines is 1. The SMILES string of the molecule is O=C(c1n[nH]nc1Nc1ccccc1F)N1CCN(c2ccccc2)CC1. The Morgan fingerprint density at radius 1 is 0.963 bits per heavy atom. The number of halogens is 1. The maximum atomic E-state index is 13.9. The van der Waals surface area contributed by atoms with Gasteiger partial charge >= 0.3 is 0 Å². The fourth-order valence-electron chi connectivity index (χ4n) is 3.11. The number of nitrogens with one attached hydrogen (secondary N) is 2. The lowest BCUT2D eigenvalue weighted by Gasteiger charge is -2.35. The van der Waals surface area contributed by atoms with Crippen molar-refractivity contribution in [1.82, 2.24) is 20.3 Å². The number of anilines is 3. The quantitative estimate of drug-likeness (QED) is 0.742. The van der Waals surface area contributed by atoms with E-state index in [1.807, 2.05) is 18.2 Å². The predicted molar refractivity (Wildman–Crippen MR) is 101 cm³/mol. The van der Waals surface area contributed by atoms with Crippen molar-refractivity contribution in [3.05, 3.63) is 66.1 Å². The average Bonchev–Trinajstić information content (AvgIpc) is 3.18. The number of carbonyl (C=O) groups excluding carboxylic acids is 1. The first-order valence-electron chi connectivity index (χ1n) is 8.74. The summed E-state index contributed by atoms with van der Waals surface area (Å²) in [5.41, 5.74) is 1.55. The third kappa shape index (κ3) is 3.59. The Balaban J connectivity index is 1.44. The Morgan fingerprint density at radius 3 is 2.41 bits per heavy atom. The highest BCUT2D eigenvalue weighted by Crippen LogP contribution is 2.22. The second-order valence-electron chi connectivity index (χ2n) is 6.24.